The molecule has 4 aliphatic rings. The highest BCUT2D eigenvalue weighted by Crippen LogP contribution is 2.66. The molecule has 3 fully saturated rings. The number of hydroxylamine groups is 2. The molecule has 0 spiro atoms. The van der Waals surface area contributed by atoms with Gasteiger partial charge in [-0.1, -0.05) is 11.6 Å². The molecule has 6 unspecified atom stereocenters. The van der Waals surface area contributed by atoms with E-state index in [-0.39, 0.29) is 35.1 Å². The number of alkyl halides is 2. The number of halogens is 4. The van der Waals surface area contributed by atoms with Gasteiger partial charge < -0.3 is 9.84 Å². The lowest BCUT2D eigenvalue weighted by molar-refractivity contribution is -0.173. The maximum atomic E-state index is 14.2. The molecule has 13 heteroatoms. The van der Waals surface area contributed by atoms with Gasteiger partial charge in [-0.05, 0) is 83.3 Å². The number of imide groups is 2. The van der Waals surface area contributed by atoms with E-state index in [1.807, 2.05) is 22.6 Å². The van der Waals surface area contributed by atoms with Crippen LogP contribution < -0.4 is 9.64 Å². The zero-order valence-electron chi connectivity index (χ0n) is 20.6. The van der Waals surface area contributed by atoms with Crippen LogP contribution in [0.15, 0.2) is 48.0 Å². The molecule has 2 N–H and O–H groups in total. The van der Waals surface area contributed by atoms with Gasteiger partial charge in [-0.25, -0.2) is 9.29 Å². The summed E-state index contributed by atoms with van der Waals surface area (Å²) in [4.78, 5) is 50.6. The van der Waals surface area contributed by atoms with E-state index in [0.29, 0.717) is 14.7 Å². The fourth-order valence-electron chi connectivity index (χ4n) is 6.67. The monoisotopic (exact) mass is 700 g/mol. The van der Waals surface area contributed by atoms with Crippen LogP contribution >= 0.6 is 45.8 Å². The van der Waals surface area contributed by atoms with Gasteiger partial charge in [0.15, 0.2) is 21.2 Å². The van der Waals surface area contributed by atoms with Gasteiger partial charge in [-0.15, -0.1) is 23.2 Å². The summed E-state index contributed by atoms with van der Waals surface area (Å²) in [6, 6.07) is 7.77. The molecule has 2 aliphatic heterocycles. The second-order valence-corrected chi connectivity index (χ2v) is 12.7. The van der Waals surface area contributed by atoms with E-state index in [0.717, 1.165) is 17.0 Å². The molecule has 9 nitrogen and oxygen atoms in total. The average molecular weight is 701 g/mol. The van der Waals surface area contributed by atoms with Gasteiger partial charge in [-0.3, -0.25) is 24.4 Å². The number of aromatic hydroxyl groups is 1. The Morgan fingerprint density at radius 3 is 2.38 bits per heavy atom. The third-order valence-corrected chi connectivity index (χ3v) is 10.7. The van der Waals surface area contributed by atoms with Gasteiger partial charge in [0.25, 0.3) is 23.6 Å². The van der Waals surface area contributed by atoms with Crippen LogP contribution in [0.3, 0.4) is 0 Å². The molecule has 2 aromatic rings. The van der Waals surface area contributed by atoms with E-state index in [2.05, 4.69) is 0 Å². The Morgan fingerprint density at radius 1 is 1.05 bits per heavy atom. The summed E-state index contributed by atoms with van der Waals surface area (Å²) in [5.74, 6) is -7.75. The van der Waals surface area contributed by atoms with E-state index in [1.165, 1.54) is 25.3 Å². The number of amides is 4. The number of hydrogen-bond donors (Lipinski definition) is 2. The maximum Gasteiger partial charge on any atom is 0.258 e. The van der Waals surface area contributed by atoms with Crippen molar-refractivity contribution in [3.05, 3.63) is 63.0 Å². The average Bonchev–Trinajstić information content (AvgIpc) is 3.24. The Kier molecular flexibility index (Phi) is 6.26. The predicted octanol–water partition coefficient (Wildman–Crippen LogP) is 4.10. The molecule has 2 aliphatic carbocycles. The standard InChI is InChI=1S/C27H20Cl2FIN2O7/c1-40-18-9-11(8-17(31)21(18)34)20-14-6-7-15-19(23(36)33(39)22(15)35)16(14)10-26(28)24(37)32(25(38)27(20,26)29)13-4-2-12(30)3-5-13/h2-6,8-9,15-16,19-20,34,39H,7,10H2,1H3. The SMILES string of the molecule is COc1cc(C2C3=CCC4C(=O)N(O)C(=O)C4C3CC3(Cl)C(=O)N(c4ccc(F)cc4)C(=O)C23Cl)cc(I)c1O. The number of carbonyl (C=O) groups excluding carboxylic acids is 4. The van der Waals surface area contributed by atoms with Crippen molar-refractivity contribution in [2.45, 2.75) is 28.5 Å². The summed E-state index contributed by atoms with van der Waals surface area (Å²) in [6.07, 6.45) is 1.53. The van der Waals surface area contributed by atoms with Crippen LogP contribution in [0.25, 0.3) is 0 Å². The largest absolute Gasteiger partial charge is 0.504 e. The summed E-state index contributed by atoms with van der Waals surface area (Å²) >= 11 is 16.3. The number of allylic oxidation sites excluding steroid dienone is 2. The summed E-state index contributed by atoms with van der Waals surface area (Å²) in [5.41, 5.74) is 0.953. The number of methoxy groups -OCH3 is 1. The van der Waals surface area contributed by atoms with Crippen molar-refractivity contribution in [2.75, 3.05) is 12.0 Å². The maximum absolute atomic E-state index is 14.2. The highest BCUT2D eigenvalue weighted by atomic mass is 127. The Balaban J connectivity index is 1.60. The summed E-state index contributed by atoms with van der Waals surface area (Å²) in [6.45, 7) is 0. The first kappa shape index (κ1) is 27.4. The van der Waals surface area contributed by atoms with Gasteiger partial charge in [0, 0.05) is 5.92 Å². The first-order chi connectivity index (χ1) is 18.9. The van der Waals surface area contributed by atoms with Crippen LogP contribution in [0.4, 0.5) is 10.1 Å². The van der Waals surface area contributed by atoms with E-state index in [4.69, 9.17) is 27.9 Å². The molecule has 0 bridgehead atoms. The number of anilines is 1. The van der Waals surface area contributed by atoms with Crippen LogP contribution in [0.1, 0.15) is 24.3 Å². The minimum Gasteiger partial charge on any atom is -0.504 e. The Labute approximate surface area is 250 Å². The number of ether oxygens (including phenoxy) is 1. The number of hydrogen-bond acceptors (Lipinski definition) is 7. The molecule has 2 saturated heterocycles. The molecule has 4 amide bonds. The predicted molar refractivity (Wildman–Crippen MR) is 148 cm³/mol. The van der Waals surface area contributed by atoms with Crippen molar-refractivity contribution in [3.8, 4) is 11.5 Å². The second kappa shape index (κ2) is 9.13. The molecule has 2 heterocycles. The Hall–Kier alpha value is -2.74. The highest BCUT2D eigenvalue weighted by molar-refractivity contribution is 14.1. The number of rotatable bonds is 3. The molecule has 6 rings (SSSR count). The highest BCUT2D eigenvalue weighted by Gasteiger charge is 2.76. The van der Waals surface area contributed by atoms with Crippen molar-refractivity contribution in [1.82, 2.24) is 5.06 Å². The third kappa shape index (κ3) is 3.40. The molecule has 40 heavy (non-hydrogen) atoms. The molecular formula is C27H20Cl2FIN2O7. The quantitative estimate of drug-likeness (QED) is 0.163. The fraction of sp³-hybridized carbons (Fsp3) is 0.333. The minimum atomic E-state index is -2.12. The Morgan fingerprint density at radius 2 is 1.73 bits per heavy atom. The zero-order chi connectivity index (χ0) is 28.9. The lowest BCUT2D eigenvalue weighted by atomic mass is 9.56. The number of benzene rings is 2. The van der Waals surface area contributed by atoms with Crippen LogP contribution in [-0.4, -0.2) is 55.9 Å². The van der Waals surface area contributed by atoms with Gasteiger partial charge in [-0.2, -0.15) is 5.06 Å². The van der Waals surface area contributed by atoms with Gasteiger partial charge in [0.05, 0.1) is 28.2 Å². The molecule has 0 radical (unpaired) electrons. The van der Waals surface area contributed by atoms with Crippen molar-refractivity contribution in [2.24, 2.45) is 17.8 Å². The lowest BCUT2D eigenvalue weighted by Crippen LogP contribution is -2.60. The molecule has 6 atom stereocenters. The normalized spacial score (nSPS) is 33.1. The molecular weight excluding hydrogens is 681 g/mol. The second-order valence-electron chi connectivity index (χ2n) is 10.3. The first-order valence-corrected chi connectivity index (χ1v) is 14.1. The molecule has 0 aromatic heterocycles. The Bertz CT molecular complexity index is 1550. The molecule has 208 valence electrons. The number of phenolic OH excluding ortho intramolecular Hbond substituents is 1. The van der Waals surface area contributed by atoms with Gasteiger partial charge in [0.1, 0.15) is 5.82 Å². The number of nitrogens with zero attached hydrogens (tertiary/aromatic N) is 2. The third-order valence-electron chi connectivity index (χ3n) is 8.48. The van der Waals surface area contributed by atoms with E-state index >= 15 is 0 Å². The minimum absolute atomic E-state index is 0.0611. The summed E-state index contributed by atoms with van der Waals surface area (Å²) in [5, 5.41) is 20.8. The van der Waals surface area contributed by atoms with Crippen molar-refractivity contribution >= 4 is 75.1 Å². The fourth-order valence-corrected chi connectivity index (χ4v) is 8.23. The van der Waals surface area contributed by atoms with E-state index in [1.54, 1.807) is 12.1 Å². The van der Waals surface area contributed by atoms with Crippen LogP contribution in [-0.2, 0) is 19.2 Å². The van der Waals surface area contributed by atoms with Crippen molar-refractivity contribution < 1.29 is 38.6 Å². The van der Waals surface area contributed by atoms with E-state index in [9.17, 15) is 33.9 Å². The van der Waals surface area contributed by atoms with Crippen molar-refractivity contribution in [1.29, 1.82) is 0 Å². The number of fused-ring (bicyclic) bond motifs is 4. The van der Waals surface area contributed by atoms with Gasteiger partial charge >= 0.3 is 0 Å². The first-order valence-electron chi connectivity index (χ1n) is 12.2. The van der Waals surface area contributed by atoms with Crippen LogP contribution in [0.5, 0.6) is 11.5 Å². The molecule has 1 saturated carbocycles. The number of carbonyl (C=O) groups is 4. The van der Waals surface area contributed by atoms with Crippen LogP contribution in [0, 0.1) is 27.1 Å². The zero-order valence-corrected chi connectivity index (χ0v) is 24.3. The smallest absolute Gasteiger partial charge is 0.258 e. The number of phenols is 1. The summed E-state index contributed by atoms with van der Waals surface area (Å²) in [7, 11) is 1.35. The molecule has 2 aromatic carbocycles. The summed E-state index contributed by atoms with van der Waals surface area (Å²) < 4.78 is 19.4. The van der Waals surface area contributed by atoms with E-state index < -0.39 is 62.9 Å². The lowest BCUT2D eigenvalue weighted by Gasteiger charge is -2.50. The van der Waals surface area contributed by atoms with Gasteiger partial charge in [0.2, 0.25) is 0 Å². The topological polar surface area (TPSA) is 124 Å². The van der Waals surface area contributed by atoms with Crippen LogP contribution in [0.2, 0.25) is 0 Å². The van der Waals surface area contributed by atoms with Crippen molar-refractivity contribution in [3.63, 3.8) is 0 Å².